The molecule has 0 radical (unpaired) electrons. The first-order valence-electron chi connectivity index (χ1n) is 11.3. The molecule has 5 rings (SSSR count). The average Bonchev–Trinajstić information content (AvgIpc) is 3.00. The van der Waals surface area contributed by atoms with E-state index in [4.69, 9.17) is 0 Å². The Kier molecular flexibility index (Phi) is 5.58. The van der Waals surface area contributed by atoms with Gasteiger partial charge in [0.25, 0.3) is 15.9 Å². The van der Waals surface area contributed by atoms with Crippen LogP contribution in [0.1, 0.15) is 46.8 Å². The Morgan fingerprint density at radius 1 is 0.903 bits per heavy atom. The third-order valence-electron chi connectivity index (χ3n) is 6.93. The van der Waals surface area contributed by atoms with Crippen LogP contribution in [0.15, 0.2) is 53.4 Å². The average molecular weight is 440 g/mol. The number of amides is 1. The van der Waals surface area contributed by atoms with Gasteiger partial charge < -0.3 is 4.90 Å². The van der Waals surface area contributed by atoms with Gasteiger partial charge >= 0.3 is 0 Å². The number of carbonyl (C=O) groups is 1. The van der Waals surface area contributed by atoms with E-state index in [2.05, 4.69) is 34.1 Å². The number of rotatable bonds is 5. The molecule has 31 heavy (non-hydrogen) atoms. The molecule has 0 aromatic heterocycles. The summed E-state index contributed by atoms with van der Waals surface area (Å²) in [6, 6.07) is 15.9. The molecule has 1 fully saturated rings. The Labute approximate surface area is 184 Å². The quantitative estimate of drug-likeness (QED) is 0.717. The maximum atomic E-state index is 12.7. The lowest BCUT2D eigenvalue weighted by atomic mass is 9.86. The minimum Gasteiger partial charge on any atom is -0.301 e. The highest BCUT2D eigenvalue weighted by molar-refractivity contribution is 7.90. The molecule has 2 aromatic rings. The number of piperazine rings is 1. The van der Waals surface area contributed by atoms with Crippen LogP contribution < -0.4 is 0 Å². The minimum atomic E-state index is -3.69. The molecular weight excluding hydrogens is 410 g/mol. The van der Waals surface area contributed by atoms with Crippen LogP contribution in [0.5, 0.6) is 0 Å². The Morgan fingerprint density at radius 2 is 1.65 bits per heavy atom. The van der Waals surface area contributed by atoms with Gasteiger partial charge in [0.15, 0.2) is 0 Å². The van der Waals surface area contributed by atoms with Gasteiger partial charge in [0.1, 0.15) is 4.90 Å². The molecule has 2 aliphatic heterocycles. The first-order valence-corrected chi connectivity index (χ1v) is 12.7. The largest absolute Gasteiger partial charge is 0.301 e. The summed E-state index contributed by atoms with van der Waals surface area (Å²) in [5, 5.41) is 0. The molecule has 1 atom stereocenters. The first kappa shape index (κ1) is 20.7. The molecule has 0 spiro atoms. The fourth-order valence-electron chi connectivity index (χ4n) is 5.30. The zero-order valence-electron chi connectivity index (χ0n) is 17.7. The van der Waals surface area contributed by atoms with E-state index in [1.807, 2.05) is 0 Å². The molecule has 3 aliphatic rings. The topological polar surface area (TPSA) is 60.9 Å². The van der Waals surface area contributed by atoms with Gasteiger partial charge in [-0.15, -0.1) is 0 Å². The van der Waals surface area contributed by atoms with E-state index in [1.165, 1.54) is 36.5 Å². The lowest BCUT2D eigenvalue weighted by Gasteiger charge is -2.41. The smallest absolute Gasteiger partial charge is 0.269 e. The van der Waals surface area contributed by atoms with Crippen LogP contribution >= 0.6 is 0 Å². The molecule has 0 N–H and O–H groups in total. The Bertz CT molecular complexity index is 1080. The fourth-order valence-corrected chi connectivity index (χ4v) is 6.90. The molecule has 164 valence electrons. The van der Waals surface area contributed by atoms with E-state index in [0.29, 0.717) is 18.0 Å². The maximum absolute atomic E-state index is 12.7. The monoisotopic (exact) mass is 439 g/mol. The predicted molar refractivity (Wildman–Crippen MR) is 119 cm³/mol. The Hall–Kier alpha value is -2.22. The fraction of sp³-hybridized carbons (Fsp3) is 0.458. The number of nitrogens with zero attached hydrogens (tertiary/aromatic N) is 3. The highest BCUT2D eigenvalue weighted by atomic mass is 32.2. The molecular formula is C24H29N3O3S. The van der Waals surface area contributed by atoms with Gasteiger partial charge in [0.2, 0.25) is 0 Å². The summed E-state index contributed by atoms with van der Waals surface area (Å²) >= 11 is 0. The van der Waals surface area contributed by atoms with Gasteiger partial charge in [-0.2, -0.15) is 0 Å². The second-order valence-electron chi connectivity index (χ2n) is 8.72. The molecule has 1 saturated heterocycles. The zero-order valence-corrected chi connectivity index (χ0v) is 18.6. The number of hydrogen-bond donors (Lipinski definition) is 0. The van der Waals surface area contributed by atoms with E-state index >= 15 is 0 Å². The number of carbonyl (C=O) groups excluding carboxylic acids is 1. The van der Waals surface area contributed by atoms with E-state index < -0.39 is 15.9 Å². The molecule has 1 unspecified atom stereocenters. The number of benzene rings is 2. The highest BCUT2D eigenvalue weighted by Crippen LogP contribution is 2.34. The summed E-state index contributed by atoms with van der Waals surface area (Å²) in [7, 11) is -3.69. The van der Waals surface area contributed by atoms with Crippen LogP contribution in [0.25, 0.3) is 0 Å². The van der Waals surface area contributed by atoms with E-state index in [1.54, 1.807) is 18.2 Å². The SMILES string of the molecule is O=C1c2ccccc2S(=O)(=O)N1CCCN1CCN(C2CCCc3ccccc32)CC1. The van der Waals surface area contributed by atoms with Crippen LogP contribution in [-0.2, 0) is 16.4 Å². The molecule has 7 heteroatoms. The summed E-state index contributed by atoms with van der Waals surface area (Å²) < 4.78 is 26.4. The summed E-state index contributed by atoms with van der Waals surface area (Å²) in [6.45, 7) is 5.09. The summed E-state index contributed by atoms with van der Waals surface area (Å²) in [6.07, 6.45) is 4.33. The third-order valence-corrected chi connectivity index (χ3v) is 8.77. The minimum absolute atomic E-state index is 0.140. The van der Waals surface area contributed by atoms with Crippen LogP contribution in [0, 0.1) is 0 Å². The molecule has 1 aliphatic carbocycles. The van der Waals surface area contributed by atoms with Gasteiger partial charge in [-0.05, 0) is 55.5 Å². The first-order chi connectivity index (χ1) is 15.1. The third kappa shape index (κ3) is 3.79. The van der Waals surface area contributed by atoms with Crippen LogP contribution in [0.2, 0.25) is 0 Å². The van der Waals surface area contributed by atoms with Crippen molar-refractivity contribution in [2.75, 3.05) is 39.3 Å². The van der Waals surface area contributed by atoms with Crippen molar-refractivity contribution >= 4 is 15.9 Å². The van der Waals surface area contributed by atoms with Crippen molar-refractivity contribution in [2.45, 2.75) is 36.6 Å². The van der Waals surface area contributed by atoms with E-state index in [-0.39, 0.29) is 11.4 Å². The van der Waals surface area contributed by atoms with Crippen molar-refractivity contribution in [1.29, 1.82) is 0 Å². The van der Waals surface area contributed by atoms with Crippen molar-refractivity contribution in [3.05, 3.63) is 65.2 Å². The van der Waals surface area contributed by atoms with Crippen LogP contribution in [0.4, 0.5) is 0 Å². The predicted octanol–water partition coefficient (Wildman–Crippen LogP) is 2.92. The van der Waals surface area contributed by atoms with Crippen LogP contribution in [-0.4, -0.2) is 67.7 Å². The number of sulfonamides is 1. The van der Waals surface area contributed by atoms with Gasteiger partial charge in [-0.1, -0.05) is 36.4 Å². The number of fused-ring (bicyclic) bond motifs is 2. The molecule has 6 nitrogen and oxygen atoms in total. The lowest BCUT2D eigenvalue weighted by molar-refractivity contribution is 0.0814. The highest BCUT2D eigenvalue weighted by Gasteiger charge is 2.40. The van der Waals surface area contributed by atoms with Crippen molar-refractivity contribution in [3.8, 4) is 0 Å². The van der Waals surface area contributed by atoms with Crippen molar-refractivity contribution < 1.29 is 13.2 Å². The second-order valence-corrected chi connectivity index (χ2v) is 10.5. The van der Waals surface area contributed by atoms with Crippen molar-refractivity contribution in [2.24, 2.45) is 0 Å². The molecule has 1 amide bonds. The Morgan fingerprint density at radius 3 is 2.45 bits per heavy atom. The summed E-state index contributed by atoms with van der Waals surface area (Å²) in [5.41, 5.74) is 3.29. The van der Waals surface area contributed by atoms with Gasteiger partial charge in [-0.3, -0.25) is 9.69 Å². The van der Waals surface area contributed by atoms with Gasteiger partial charge in [0, 0.05) is 38.8 Å². The molecule has 0 saturated carbocycles. The molecule has 2 aromatic carbocycles. The Balaban J connectivity index is 1.14. The number of hydrogen-bond acceptors (Lipinski definition) is 5. The van der Waals surface area contributed by atoms with Gasteiger partial charge in [-0.25, -0.2) is 12.7 Å². The summed E-state index contributed by atoms with van der Waals surface area (Å²) in [5.74, 6) is -0.392. The van der Waals surface area contributed by atoms with Crippen LogP contribution in [0.3, 0.4) is 0 Å². The molecule has 2 heterocycles. The normalized spacial score (nSPS) is 23.5. The zero-order chi connectivity index (χ0) is 21.4. The number of aryl methyl sites for hydroxylation is 1. The van der Waals surface area contributed by atoms with E-state index in [0.717, 1.165) is 37.0 Å². The summed E-state index contributed by atoms with van der Waals surface area (Å²) in [4.78, 5) is 17.7. The lowest BCUT2D eigenvalue weighted by Crippen LogP contribution is -2.48. The van der Waals surface area contributed by atoms with Crippen molar-refractivity contribution in [1.82, 2.24) is 14.1 Å². The van der Waals surface area contributed by atoms with Gasteiger partial charge in [0.05, 0.1) is 5.56 Å². The van der Waals surface area contributed by atoms with Crippen molar-refractivity contribution in [3.63, 3.8) is 0 Å². The molecule has 0 bridgehead atoms. The maximum Gasteiger partial charge on any atom is 0.269 e. The standard InChI is InChI=1S/C24H29N3O3S/c28-24-21-10-3-4-12-23(21)31(29,30)27(24)14-6-13-25-15-17-26(18-16-25)22-11-5-8-19-7-1-2-9-20(19)22/h1-4,7,9-10,12,22H,5-6,8,11,13-18H2. The second kappa shape index (κ2) is 8.37. The van der Waals surface area contributed by atoms with E-state index in [9.17, 15) is 13.2 Å².